The molecule has 0 aliphatic carbocycles. The number of hydrogen-bond acceptors (Lipinski definition) is 4. The van der Waals surface area contributed by atoms with Crippen LogP contribution in [0.1, 0.15) is 22.8 Å². The molecule has 0 atom stereocenters. The second kappa shape index (κ2) is 10.6. The summed E-state index contributed by atoms with van der Waals surface area (Å²) in [6.45, 7) is 5.27. The molecule has 0 N–H and O–H groups in total. The van der Waals surface area contributed by atoms with Crippen molar-refractivity contribution in [2.75, 3.05) is 37.7 Å². The van der Waals surface area contributed by atoms with Gasteiger partial charge in [0.15, 0.2) is 0 Å². The molecular formula is C26H26ClFN2O3. The van der Waals surface area contributed by atoms with Crippen LogP contribution in [0.25, 0.3) is 0 Å². The van der Waals surface area contributed by atoms with Crippen LogP contribution < -0.4 is 14.4 Å². The molecule has 0 radical (unpaired) electrons. The lowest BCUT2D eigenvalue weighted by Crippen LogP contribution is -2.48. The highest BCUT2D eigenvalue weighted by molar-refractivity contribution is 6.30. The minimum atomic E-state index is -0.252. The zero-order chi connectivity index (χ0) is 23.2. The van der Waals surface area contributed by atoms with Crippen LogP contribution in [0.4, 0.5) is 10.1 Å². The first-order valence-electron chi connectivity index (χ1n) is 11.0. The van der Waals surface area contributed by atoms with E-state index in [0.717, 1.165) is 11.3 Å². The number of nitrogens with zero attached hydrogens (tertiary/aromatic N) is 2. The Kier molecular flexibility index (Phi) is 7.35. The molecule has 1 aliphatic rings. The Labute approximate surface area is 198 Å². The molecule has 1 heterocycles. The van der Waals surface area contributed by atoms with Gasteiger partial charge >= 0.3 is 0 Å². The summed E-state index contributed by atoms with van der Waals surface area (Å²) in [5.74, 6) is 1.06. The van der Waals surface area contributed by atoms with E-state index in [2.05, 4.69) is 4.90 Å². The van der Waals surface area contributed by atoms with Crippen molar-refractivity contribution in [2.24, 2.45) is 0 Å². The van der Waals surface area contributed by atoms with Gasteiger partial charge in [0, 0.05) is 48.0 Å². The van der Waals surface area contributed by atoms with Crippen molar-refractivity contribution >= 4 is 23.2 Å². The first kappa shape index (κ1) is 22.9. The highest BCUT2D eigenvalue weighted by Crippen LogP contribution is 2.25. The van der Waals surface area contributed by atoms with E-state index in [1.54, 1.807) is 30.3 Å². The van der Waals surface area contributed by atoms with Gasteiger partial charge in [-0.15, -0.1) is 0 Å². The SMILES string of the molecule is CCOc1ccc(C(=O)N2CCN(c3ccc(F)cc3)CC2)cc1COc1cccc(Cl)c1. The number of ether oxygens (including phenoxy) is 2. The number of carbonyl (C=O) groups excluding carboxylic acids is 1. The van der Waals surface area contributed by atoms with E-state index in [1.165, 1.54) is 12.1 Å². The predicted molar refractivity (Wildman–Crippen MR) is 128 cm³/mol. The summed E-state index contributed by atoms with van der Waals surface area (Å²) in [6.07, 6.45) is 0. The first-order valence-corrected chi connectivity index (χ1v) is 11.3. The maximum atomic E-state index is 13.2. The number of halogens is 2. The standard InChI is InChI=1S/C26H26ClFN2O3/c1-2-32-25-11-6-19(16-20(25)18-33-24-5-3-4-21(27)17-24)26(31)30-14-12-29(13-15-30)23-9-7-22(28)8-10-23/h3-11,16-17H,2,12-15,18H2,1H3. The van der Waals surface area contributed by atoms with E-state index in [9.17, 15) is 9.18 Å². The average Bonchev–Trinajstić information content (AvgIpc) is 2.84. The van der Waals surface area contributed by atoms with Crippen LogP contribution in [0, 0.1) is 5.82 Å². The molecule has 33 heavy (non-hydrogen) atoms. The van der Waals surface area contributed by atoms with Gasteiger partial charge in [-0.3, -0.25) is 4.79 Å². The summed E-state index contributed by atoms with van der Waals surface area (Å²) in [6, 6.07) is 19.1. The maximum Gasteiger partial charge on any atom is 0.253 e. The van der Waals surface area contributed by atoms with Crippen molar-refractivity contribution in [2.45, 2.75) is 13.5 Å². The van der Waals surface area contributed by atoms with Crippen molar-refractivity contribution < 1.29 is 18.7 Å². The van der Waals surface area contributed by atoms with Crippen LogP contribution >= 0.6 is 11.6 Å². The van der Waals surface area contributed by atoms with Gasteiger partial charge in [0.2, 0.25) is 0 Å². The fourth-order valence-electron chi connectivity index (χ4n) is 3.84. The first-order chi connectivity index (χ1) is 16.0. The Bertz CT molecular complexity index is 1100. The van der Waals surface area contributed by atoms with Crippen LogP contribution in [0.3, 0.4) is 0 Å². The molecule has 1 fully saturated rings. The lowest BCUT2D eigenvalue weighted by Gasteiger charge is -2.36. The van der Waals surface area contributed by atoms with Crippen LogP contribution in [0.5, 0.6) is 11.5 Å². The Morgan fingerprint density at radius 1 is 0.970 bits per heavy atom. The normalized spacial score (nSPS) is 13.7. The largest absolute Gasteiger partial charge is 0.493 e. The smallest absolute Gasteiger partial charge is 0.253 e. The van der Waals surface area contributed by atoms with Gasteiger partial charge < -0.3 is 19.3 Å². The molecule has 7 heteroatoms. The van der Waals surface area contributed by atoms with Gasteiger partial charge in [0.25, 0.3) is 5.91 Å². The molecule has 0 aromatic heterocycles. The topological polar surface area (TPSA) is 42.0 Å². The fraction of sp³-hybridized carbons (Fsp3) is 0.269. The number of benzene rings is 3. The number of rotatable bonds is 7. The summed E-state index contributed by atoms with van der Waals surface area (Å²) in [7, 11) is 0. The molecule has 1 amide bonds. The number of anilines is 1. The summed E-state index contributed by atoms with van der Waals surface area (Å²) in [4.78, 5) is 17.2. The third kappa shape index (κ3) is 5.76. The third-order valence-corrected chi connectivity index (χ3v) is 5.79. The van der Waals surface area contributed by atoms with Gasteiger partial charge in [0.1, 0.15) is 23.9 Å². The molecule has 1 saturated heterocycles. The van der Waals surface area contributed by atoms with Crippen LogP contribution in [0.2, 0.25) is 5.02 Å². The zero-order valence-corrected chi connectivity index (χ0v) is 19.2. The Hall–Kier alpha value is -3.25. The minimum absolute atomic E-state index is 0.0270. The molecule has 0 spiro atoms. The Balaban J connectivity index is 1.43. The lowest BCUT2D eigenvalue weighted by atomic mass is 10.1. The quantitative estimate of drug-likeness (QED) is 0.464. The van der Waals surface area contributed by atoms with E-state index in [4.69, 9.17) is 21.1 Å². The molecule has 0 bridgehead atoms. The number of hydrogen-bond donors (Lipinski definition) is 0. The highest BCUT2D eigenvalue weighted by Gasteiger charge is 2.23. The van der Waals surface area contributed by atoms with Crippen molar-refractivity contribution in [1.82, 2.24) is 4.90 Å². The van der Waals surface area contributed by atoms with Gasteiger partial charge in [-0.2, -0.15) is 0 Å². The van der Waals surface area contributed by atoms with Gasteiger partial charge in [0.05, 0.1) is 6.61 Å². The molecule has 5 nitrogen and oxygen atoms in total. The molecule has 172 valence electrons. The molecule has 3 aromatic rings. The maximum absolute atomic E-state index is 13.2. The molecule has 4 rings (SSSR count). The van der Waals surface area contributed by atoms with E-state index < -0.39 is 0 Å². The second-order valence-corrected chi connectivity index (χ2v) is 8.19. The summed E-state index contributed by atoms with van der Waals surface area (Å²) >= 11 is 6.04. The summed E-state index contributed by atoms with van der Waals surface area (Å²) < 4.78 is 24.8. The van der Waals surface area contributed by atoms with E-state index in [1.807, 2.05) is 36.1 Å². The van der Waals surface area contributed by atoms with Crippen LogP contribution in [-0.4, -0.2) is 43.6 Å². The fourth-order valence-corrected chi connectivity index (χ4v) is 4.02. The van der Waals surface area contributed by atoms with Gasteiger partial charge in [-0.25, -0.2) is 4.39 Å². The predicted octanol–water partition coefficient (Wildman–Crippen LogP) is 5.42. The van der Waals surface area contributed by atoms with Gasteiger partial charge in [-0.1, -0.05) is 17.7 Å². The van der Waals surface area contributed by atoms with E-state index in [0.29, 0.717) is 54.9 Å². The monoisotopic (exact) mass is 468 g/mol. The lowest BCUT2D eigenvalue weighted by molar-refractivity contribution is 0.0746. The molecule has 1 aliphatic heterocycles. The Morgan fingerprint density at radius 2 is 1.73 bits per heavy atom. The number of piperazine rings is 1. The van der Waals surface area contributed by atoms with E-state index in [-0.39, 0.29) is 18.3 Å². The summed E-state index contributed by atoms with van der Waals surface area (Å²) in [5, 5.41) is 0.598. The van der Waals surface area contributed by atoms with Crippen LogP contribution in [-0.2, 0) is 6.61 Å². The number of amides is 1. The van der Waals surface area contributed by atoms with Crippen LogP contribution in [0.15, 0.2) is 66.7 Å². The highest BCUT2D eigenvalue weighted by atomic mass is 35.5. The molecule has 0 saturated carbocycles. The van der Waals surface area contributed by atoms with E-state index >= 15 is 0 Å². The van der Waals surface area contributed by atoms with Crippen molar-refractivity contribution in [1.29, 1.82) is 0 Å². The van der Waals surface area contributed by atoms with Gasteiger partial charge in [-0.05, 0) is 67.6 Å². The summed E-state index contributed by atoms with van der Waals surface area (Å²) in [5.41, 5.74) is 2.36. The minimum Gasteiger partial charge on any atom is -0.493 e. The number of carbonyl (C=O) groups is 1. The van der Waals surface area contributed by atoms with Crippen molar-refractivity contribution in [3.05, 3.63) is 88.7 Å². The third-order valence-electron chi connectivity index (χ3n) is 5.56. The molecular weight excluding hydrogens is 443 g/mol. The van der Waals surface area contributed by atoms with Crippen molar-refractivity contribution in [3.63, 3.8) is 0 Å². The zero-order valence-electron chi connectivity index (χ0n) is 18.5. The Morgan fingerprint density at radius 3 is 2.42 bits per heavy atom. The molecule has 3 aromatic carbocycles. The molecule has 0 unspecified atom stereocenters. The van der Waals surface area contributed by atoms with Crippen molar-refractivity contribution in [3.8, 4) is 11.5 Å². The second-order valence-electron chi connectivity index (χ2n) is 7.76. The average molecular weight is 469 g/mol.